The van der Waals surface area contributed by atoms with Crippen LogP contribution in [0.15, 0.2) is 18.2 Å². The molecule has 1 aromatic carbocycles. The van der Waals surface area contributed by atoms with Crippen LogP contribution < -0.4 is 10.1 Å². The van der Waals surface area contributed by atoms with Crippen molar-refractivity contribution in [3.63, 3.8) is 0 Å². The van der Waals surface area contributed by atoms with Crippen LogP contribution in [0.1, 0.15) is 23.2 Å². The molecule has 0 aromatic heterocycles. The molecule has 1 amide bonds. The molecule has 2 rings (SSSR count). The van der Waals surface area contributed by atoms with Gasteiger partial charge in [0, 0.05) is 25.2 Å². The Balaban J connectivity index is 2.08. The summed E-state index contributed by atoms with van der Waals surface area (Å²) in [5.41, 5.74) is 0.115. The topological polar surface area (TPSA) is 41.6 Å². The number of methoxy groups -OCH3 is 1. The highest BCUT2D eigenvalue weighted by Crippen LogP contribution is 2.19. The van der Waals surface area contributed by atoms with Crippen molar-refractivity contribution in [2.75, 3.05) is 27.2 Å². The summed E-state index contributed by atoms with van der Waals surface area (Å²) in [5.74, 6) is -0.349. The van der Waals surface area contributed by atoms with Gasteiger partial charge in [0.2, 0.25) is 0 Å². The van der Waals surface area contributed by atoms with E-state index in [0.717, 1.165) is 12.8 Å². The van der Waals surface area contributed by atoms with Gasteiger partial charge in [-0.2, -0.15) is 0 Å². The van der Waals surface area contributed by atoms with E-state index in [-0.39, 0.29) is 11.5 Å². The zero-order chi connectivity index (χ0) is 13.8. The summed E-state index contributed by atoms with van der Waals surface area (Å²) >= 11 is 0. The number of nitrogens with zero attached hydrogens (tertiary/aromatic N) is 1. The largest absolute Gasteiger partial charge is 0.497 e. The Morgan fingerprint density at radius 1 is 1.42 bits per heavy atom. The molecule has 5 heteroatoms. The van der Waals surface area contributed by atoms with Crippen LogP contribution in [0, 0.1) is 5.82 Å². The smallest absolute Gasteiger partial charge is 0.256 e. The van der Waals surface area contributed by atoms with Gasteiger partial charge in [-0.25, -0.2) is 4.39 Å². The molecule has 0 unspecified atom stereocenters. The third-order valence-electron chi connectivity index (χ3n) is 3.60. The van der Waals surface area contributed by atoms with E-state index in [1.165, 1.54) is 19.2 Å². The van der Waals surface area contributed by atoms with Gasteiger partial charge in [0.15, 0.2) is 0 Å². The average Bonchev–Trinajstić information content (AvgIpc) is 2.46. The number of ether oxygens (including phenoxy) is 1. The minimum atomic E-state index is -0.528. The quantitative estimate of drug-likeness (QED) is 0.904. The van der Waals surface area contributed by atoms with Gasteiger partial charge < -0.3 is 15.0 Å². The number of amides is 1. The van der Waals surface area contributed by atoms with Crippen molar-refractivity contribution >= 4 is 5.91 Å². The highest BCUT2D eigenvalue weighted by atomic mass is 19.1. The number of hydrogen-bond donors (Lipinski definition) is 1. The first kappa shape index (κ1) is 13.8. The number of carbonyl (C=O) groups is 1. The van der Waals surface area contributed by atoms with Crippen molar-refractivity contribution in [3.8, 4) is 5.75 Å². The Morgan fingerprint density at radius 3 is 2.63 bits per heavy atom. The number of halogens is 1. The Hall–Kier alpha value is -1.62. The maximum absolute atomic E-state index is 13.8. The monoisotopic (exact) mass is 266 g/mol. The number of rotatable bonds is 3. The van der Waals surface area contributed by atoms with E-state index in [2.05, 4.69) is 5.32 Å². The lowest BCUT2D eigenvalue weighted by molar-refractivity contribution is 0.0702. The summed E-state index contributed by atoms with van der Waals surface area (Å²) in [6, 6.07) is 4.79. The van der Waals surface area contributed by atoms with Crippen LogP contribution in [0.2, 0.25) is 0 Å². The van der Waals surface area contributed by atoms with Gasteiger partial charge >= 0.3 is 0 Å². The first-order chi connectivity index (χ1) is 9.15. The number of hydrogen-bond acceptors (Lipinski definition) is 3. The molecule has 19 heavy (non-hydrogen) atoms. The van der Waals surface area contributed by atoms with Crippen LogP contribution in [-0.2, 0) is 0 Å². The van der Waals surface area contributed by atoms with Crippen molar-refractivity contribution < 1.29 is 13.9 Å². The number of carbonyl (C=O) groups excluding carboxylic acids is 1. The molecule has 1 heterocycles. The molecule has 0 spiro atoms. The molecule has 1 aliphatic heterocycles. The fraction of sp³-hybridized carbons (Fsp3) is 0.500. The SMILES string of the molecule is CNC1CCN(C(=O)c2ccc(OC)cc2F)CC1. The third kappa shape index (κ3) is 3.04. The number of piperidine rings is 1. The first-order valence-corrected chi connectivity index (χ1v) is 6.45. The van der Waals surface area contributed by atoms with Gasteiger partial charge in [0.1, 0.15) is 11.6 Å². The van der Waals surface area contributed by atoms with Crippen molar-refractivity contribution in [1.82, 2.24) is 10.2 Å². The number of nitrogens with one attached hydrogen (secondary N) is 1. The van der Waals surface area contributed by atoms with Gasteiger partial charge in [-0.1, -0.05) is 0 Å². The normalized spacial score (nSPS) is 16.5. The summed E-state index contributed by atoms with van der Waals surface area (Å²) in [5, 5.41) is 3.20. The number of benzene rings is 1. The fourth-order valence-electron chi connectivity index (χ4n) is 2.34. The molecule has 1 saturated heterocycles. The number of likely N-dealkylation sites (tertiary alicyclic amines) is 1. The Kier molecular flexibility index (Phi) is 4.37. The van der Waals surface area contributed by atoms with Crippen molar-refractivity contribution in [2.45, 2.75) is 18.9 Å². The Labute approximate surface area is 112 Å². The highest BCUT2D eigenvalue weighted by Gasteiger charge is 2.24. The molecule has 1 aliphatic rings. The molecular formula is C14H19FN2O2. The molecule has 0 atom stereocenters. The fourth-order valence-corrected chi connectivity index (χ4v) is 2.34. The summed E-state index contributed by atoms with van der Waals surface area (Å²) in [6.07, 6.45) is 1.81. The summed E-state index contributed by atoms with van der Waals surface area (Å²) in [7, 11) is 3.39. The summed E-state index contributed by atoms with van der Waals surface area (Å²) in [6.45, 7) is 1.33. The van der Waals surface area contributed by atoms with Crippen LogP contribution in [0.4, 0.5) is 4.39 Å². The third-order valence-corrected chi connectivity index (χ3v) is 3.60. The molecule has 0 bridgehead atoms. The van der Waals surface area contributed by atoms with Crippen LogP contribution in [0.3, 0.4) is 0 Å². The minimum absolute atomic E-state index is 0.115. The van der Waals surface area contributed by atoms with Crippen LogP contribution in [0.5, 0.6) is 5.75 Å². The van der Waals surface area contributed by atoms with E-state index < -0.39 is 5.82 Å². The predicted octanol–water partition coefficient (Wildman–Crippen LogP) is 1.66. The summed E-state index contributed by atoms with van der Waals surface area (Å²) in [4.78, 5) is 13.9. The van der Waals surface area contributed by atoms with E-state index in [1.807, 2.05) is 7.05 Å². The van der Waals surface area contributed by atoms with E-state index in [9.17, 15) is 9.18 Å². The van der Waals surface area contributed by atoms with E-state index >= 15 is 0 Å². The van der Waals surface area contributed by atoms with Gasteiger partial charge in [-0.3, -0.25) is 4.79 Å². The van der Waals surface area contributed by atoms with Crippen LogP contribution >= 0.6 is 0 Å². The zero-order valence-corrected chi connectivity index (χ0v) is 11.3. The lowest BCUT2D eigenvalue weighted by atomic mass is 10.0. The van der Waals surface area contributed by atoms with E-state index in [1.54, 1.807) is 11.0 Å². The van der Waals surface area contributed by atoms with Crippen LogP contribution in [0.25, 0.3) is 0 Å². The molecule has 0 aliphatic carbocycles. The molecule has 4 nitrogen and oxygen atoms in total. The van der Waals surface area contributed by atoms with Crippen LogP contribution in [-0.4, -0.2) is 44.1 Å². The minimum Gasteiger partial charge on any atom is -0.497 e. The van der Waals surface area contributed by atoms with E-state index in [0.29, 0.717) is 24.9 Å². The second kappa shape index (κ2) is 6.02. The van der Waals surface area contributed by atoms with Gasteiger partial charge in [-0.05, 0) is 32.0 Å². The van der Waals surface area contributed by atoms with Crippen molar-refractivity contribution in [1.29, 1.82) is 0 Å². The van der Waals surface area contributed by atoms with Gasteiger partial charge in [-0.15, -0.1) is 0 Å². The molecule has 0 radical (unpaired) electrons. The second-order valence-electron chi connectivity index (χ2n) is 4.70. The van der Waals surface area contributed by atoms with E-state index in [4.69, 9.17) is 4.74 Å². The lowest BCUT2D eigenvalue weighted by Gasteiger charge is -2.31. The van der Waals surface area contributed by atoms with Gasteiger partial charge in [0.25, 0.3) is 5.91 Å². The Bertz CT molecular complexity index is 457. The molecule has 1 N–H and O–H groups in total. The standard InChI is InChI=1S/C14H19FN2O2/c1-16-10-5-7-17(8-6-10)14(18)12-4-3-11(19-2)9-13(12)15/h3-4,9-10,16H,5-8H2,1-2H3. The maximum Gasteiger partial charge on any atom is 0.256 e. The van der Waals surface area contributed by atoms with Crippen molar-refractivity contribution in [2.24, 2.45) is 0 Å². The lowest BCUT2D eigenvalue weighted by Crippen LogP contribution is -2.44. The molecule has 0 saturated carbocycles. The maximum atomic E-state index is 13.8. The first-order valence-electron chi connectivity index (χ1n) is 6.45. The summed E-state index contributed by atoms with van der Waals surface area (Å²) < 4.78 is 18.8. The average molecular weight is 266 g/mol. The predicted molar refractivity (Wildman–Crippen MR) is 70.9 cm³/mol. The second-order valence-corrected chi connectivity index (χ2v) is 4.70. The Morgan fingerprint density at radius 2 is 2.11 bits per heavy atom. The highest BCUT2D eigenvalue weighted by molar-refractivity contribution is 5.94. The molecular weight excluding hydrogens is 247 g/mol. The molecule has 1 fully saturated rings. The van der Waals surface area contributed by atoms with Gasteiger partial charge in [0.05, 0.1) is 12.7 Å². The zero-order valence-electron chi connectivity index (χ0n) is 11.3. The molecule has 104 valence electrons. The molecule has 1 aromatic rings. The van der Waals surface area contributed by atoms with Crippen molar-refractivity contribution in [3.05, 3.63) is 29.6 Å².